The van der Waals surface area contributed by atoms with Gasteiger partial charge in [0.25, 0.3) is 0 Å². The third kappa shape index (κ3) is 3.83. The largest absolute Gasteiger partial charge is 0.383 e. The van der Waals surface area contributed by atoms with Crippen LogP contribution in [0, 0.1) is 0 Å². The lowest BCUT2D eigenvalue weighted by atomic mass is 10.2. The first-order chi connectivity index (χ1) is 9.33. The SMILES string of the molecule is CCCNC(COC)Cc1nc(-c2ncn[nH]2)no1. The molecule has 0 amide bonds. The van der Waals surface area contributed by atoms with Crippen LogP contribution in [0.2, 0.25) is 0 Å². The highest BCUT2D eigenvalue weighted by atomic mass is 16.5. The van der Waals surface area contributed by atoms with Gasteiger partial charge in [-0.1, -0.05) is 12.1 Å². The number of methoxy groups -OCH3 is 1. The van der Waals surface area contributed by atoms with Crippen molar-refractivity contribution in [3.8, 4) is 11.6 Å². The first-order valence-electron chi connectivity index (χ1n) is 6.24. The lowest BCUT2D eigenvalue weighted by Gasteiger charge is -2.15. The number of ether oxygens (including phenoxy) is 1. The van der Waals surface area contributed by atoms with Gasteiger partial charge in [-0.25, -0.2) is 4.98 Å². The molecule has 19 heavy (non-hydrogen) atoms. The van der Waals surface area contributed by atoms with Gasteiger partial charge in [0, 0.05) is 19.6 Å². The lowest BCUT2D eigenvalue weighted by Crippen LogP contribution is -2.35. The van der Waals surface area contributed by atoms with Gasteiger partial charge in [-0.05, 0) is 13.0 Å². The Labute approximate surface area is 111 Å². The van der Waals surface area contributed by atoms with E-state index in [0.29, 0.717) is 30.6 Å². The maximum absolute atomic E-state index is 5.20. The van der Waals surface area contributed by atoms with Crippen molar-refractivity contribution in [3.05, 3.63) is 12.2 Å². The fourth-order valence-electron chi connectivity index (χ4n) is 1.70. The summed E-state index contributed by atoms with van der Waals surface area (Å²) in [5.41, 5.74) is 0. The summed E-state index contributed by atoms with van der Waals surface area (Å²) in [5.74, 6) is 1.47. The number of aromatic nitrogens is 5. The van der Waals surface area contributed by atoms with Crippen LogP contribution >= 0.6 is 0 Å². The monoisotopic (exact) mass is 266 g/mol. The summed E-state index contributed by atoms with van der Waals surface area (Å²) in [5, 5.41) is 13.7. The molecular formula is C11H18N6O2. The van der Waals surface area contributed by atoms with Gasteiger partial charge >= 0.3 is 0 Å². The van der Waals surface area contributed by atoms with E-state index in [0.717, 1.165) is 13.0 Å². The van der Waals surface area contributed by atoms with Gasteiger partial charge in [-0.15, -0.1) is 0 Å². The molecule has 0 fully saturated rings. The van der Waals surface area contributed by atoms with E-state index >= 15 is 0 Å². The van der Waals surface area contributed by atoms with Crippen LogP contribution in [0.15, 0.2) is 10.9 Å². The molecule has 2 aromatic heterocycles. The summed E-state index contributed by atoms with van der Waals surface area (Å²) in [6, 6.07) is 0.160. The molecule has 8 heteroatoms. The maximum atomic E-state index is 5.20. The van der Waals surface area contributed by atoms with Crippen LogP contribution in [-0.4, -0.2) is 51.6 Å². The second-order valence-corrected chi connectivity index (χ2v) is 4.16. The molecule has 0 bridgehead atoms. The van der Waals surface area contributed by atoms with E-state index in [9.17, 15) is 0 Å². The smallest absolute Gasteiger partial charge is 0.239 e. The van der Waals surface area contributed by atoms with Gasteiger partial charge in [0.05, 0.1) is 6.61 Å². The number of nitrogens with zero attached hydrogens (tertiary/aromatic N) is 4. The fraction of sp³-hybridized carbons (Fsp3) is 0.636. The lowest BCUT2D eigenvalue weighted by molar-refractivity contribution is 0.161. The highest BCUT2D eigenvalue weighted by Gasteiger charge is 2.15. The summed E-state index contributed by atoms with van der Waals surface area (Å²) in [6.45, 7) is 3.64. The zero-order valence-electron chi connectivity index (χ0n) is 11.1. The van der Waals surface area contributed by atoms with E-state index in [2.05, 4.69) is 37.6 Å². The molecule has 0 aliphatic rings. The summed E-state index contributed by atoms with van der Waals surface area (Å²) in [4.78, 5) is 8.25. The van der Waals surface area contributed by atoms with Crippen molar-refractivity contribution >= 4 is 0 Å². The van der Waals surface area contributed by atoms with E-state index in [-0.39, 0.29) is 6.04 Å². The molecule has 2 heterocycles. The van der Waals surface area contributed by atoms with E-state index in [1.54, 1.807) is 7.11 Å². The molecule has 2 N–H and O–H groups in total. The number of aromatic amines is 1. The van der Waals surface area contributed by atoms with Gasteiger partial charge in [0.15, 0.2) is 5.82 Å². The maximum Gasteiger partial charge on any atom is 0.239 e. The second-order valence-electron chi connectivity index (χ2n) is 4.16. The molecule has 1 unspecified atom stereocenters. The summed E-state index contributed by atoms with van der Waals surface area (Å²) in [6.07, 6.45) is 3.09. The number of hydrogen-bond donors (Lipinski definition) is 2. The highest BCUT2D eigenvalue weighted by Crippen LogP contribution is 2.10. The predicted molar refractivity (Wildman–Crippen MR) is 67.3 cm³/mol. The molecule has 2 rings (SSSR count). The number of rotatable bonds is 8. The molecule has 0 aromatic carbocycles. The summed E-state index contributed by atoms with van der Waals surface area (Å²) in [7, 11) is 1.67. The van der Waals surface area contributed by atoms with Crippen molar-refractivity contribution in [1.82, 2.24) is 30.6 Å². The Kier molecular flexibility index (Phi) is 4.99. The van der Waals surface area contributed by atoms with Gasteiger partial charge < -0.3 is 14.6 Å². The van der Waals surface area contributed by atoms with Crippen molar-refractivity contribution in [2.75, 3.05) is 20.3 Å². The van der Waals surface area contributed by atoms with Crippen molar-refractivity contribution in [1.29, 1.82) is 0 Å². The Morgan fingerprint density at radius 2 is 2.42 bits per heavy atom. The van der Waals surface area contributed by atoms with Gasteiger partial charge in [-0.3, -0.25) is 5.10 Å². The third-order valence-corrected chi connectivity index (χ3v) is 2.57. The Morgan fingerprint density at radius 3 is 3.11 bits per heavy atom. The van der Waals surface area contributed by atoms with E-state index in [1.165, 1.54) is 6.33 Å². The van der Waals surface area contributed by atoms with Crippen LogP contribution in [0.5, 0.6) is 0 Å². The van der Waals surface area contributed by atoms with Gasteiger partial charge in [0.2, 0.25) is 11.7 Å². The number of nitrogens with one attached hydrogen (secondary N) is 2. The number of H-pyrrole nitrogens is 1. The molecule has 0 radical (unpaired) electrons. The van der Waals surface area contributed by atoms with E-state index < -0.39 is 0 Å². The molecule has 8 nitrogen and oxygen atoms in total. The zero-order valence-corrected chi connectivity index (χ0v) is 11.1. The Balaban J connectivity index is 1.97. The third-order valence-electron chi connectivity index (χ3n) is 2.57. The fourth-order valence-corrected chi connectivity index (χ4v) is 1.70. The zero-order chi connectivity index (χ0) is 13.5. The minimum Gasteiger partial charge on any atom is -0.383 e. The Bertz CT molecular complexity index is 469. The minimum absolute atomic E-state index is 0.160. The Morgan fingerprint density at radius 1 is 1.53 bits per heavy atom. The van der Waals surface area contributed by atoms with Gasteiger partial charge in [-0.2, -0.15) is 10.1 Å². The van der Waals surface area contributed by atoms with Crippen molar-refractivity contribution in [2.45, 2.75) is 25.8 Å². The standard InChI is InChI=1S/C11H18N6O2/c1-3-4-12-8(6-18-2)5-9-15-11(17-19-9)10-13-7-14-16-10/h7-8,12H,3-6H2,1-2H3,(H,13,14,16). The van der Waals surface area contributed by atoms with E-state index in [1.807, 2.05) is 0 Å². The van der Waals surface area contributed by atoms with Crippen LogP contribution < -0.4 is 5.32 Å². The minimum atomic E-state index is 0.160. The average Bonchev–Trinajstić information content (AvgIpc) is 3.06. The van der Waals surface area contributed by atoms with Crippen molar-refractivity contribution in [3.63, 3.8) is 0 Å². The first kappa shape index (κ1) is 13.6. The average molecular weight is 266 g/mol. The summed E-state index contributed by atoms with van der Waals surface area (Å²) < 4.78 is 10.4. The molecule has 1 atom stereocenters. The van der Waals surface area contributed by atoms with E-state index in [4.69, 9.17) is 9.26 Å². The molecule has 2 aromatic rings. The molecule has 0 spiro atoms. The Hall–Kier alpha value is -1.80. The molecule has 0 aliphatic carbocycles. The first-order valence-corrected chi connectivity index (χ1v) is 6.24. The van der Waals surface area contributed by atoms with Crippen LogP contribution in [0.25, 0.3) is 11.6 Å². The molecule has 0 aliphatic heterocycles. The van der Waals surface area contributed by atoms with Crippen molar-refractivity contribution < 1.29 is 9.26 Å². The highest BCUT2D eigenvalue weighted by molar-refractivity contribution is 5.39. The normalized spacial score (nSPS) is 12.7. The van der Waals surface area contributed by atoms with Crippen LogP contribution in [0.3, 0.4) is 0 Å². The van der Waals surface area contributed by atoms with Crippen LogP contribution in [-0.2, 0) is 11.2 Å². The van der Waals surface area contributed by atoms with Crippen LogP contribution in [0.1, 0.15) is 19.2 Å². The molecule has 104 valence electrons. The number of hydrogen-bond acceptors (Lipinski definition) is 7. The van der Waals surface area contributed by atoms with Crippen LogP contribution in [0.4, 0.5) is 0 Å². The quantitative estimate of drug-likeness (QED) is 0.713. The second kappa shape index (κ2) is 6.95. The molecule has 0 saturated carbocycles. The predicted octanol–water partition coefficient (Wildman–Crippen LogP) is 0.412. The van der Waals surface area contributed by atoms with Crippen molar-refractivity contribution in [2.24, 2.45) is 0 Å². The molecular weight excluding hydrogens is 248 g/mol. The summed E-state index contributed by atoms with van der Waals surface area (Å²) >= 11 is 0. The molecule has 0 saturated heterocycles. The van der Waals surface area contributed by atoms with Gasteiger partial charge in [0.1, 0.15) is 6.33 Å². The topological polar surface area (TPSA) is 102 Å².